The van der Waals surface area contributed by atoms with Crippen LogP contribution in [0.25, 0.3) is 0 Å². The van der Waals surface area contributed by atoms with Crippen molar-refractivity contribution in [3.8, 4) is 0 Å². The first-order valence-electron chi connectivity index (χ1n) is 5.46. The molecule has 1 atom stereocenters. The average molecular weight is 206 g/mol. The molecule has 0 aliphatic carbocycles. The minimum Gasteiger partial charge on any atom is -0.458 e. The third-order valence-electron chi connectivity index (χ3n) is 2.30. The Kier molecular flexibility index (Phi) is 4.88. The van der Waals surface area contributed by atoms with Gasteiger partial charge in [-0.15, -0.1) is 0 Å². The molecule has 82 valence electrons. The van der Waals surface area contributed by atoms with Crippen LogP contribution in [0.4, 0.5) is 0 Å². The van der Waals surface area contributed by atoms with Crippen molar-refractivity contribution in [1.29, 1.82) is 0 Å². The predicted octanol–water partition coefficient (Wildman–Crippen LogP) is 3.48. The zero-order valence-corrected chi connectivity index (χ0v) is 9.40. The molecule has 0 saturated heterocycles. The second-order valence-corrected chi connectivity index (χ2v) is 3.65. The van der Waals surface area contributed by atoms with Crippen LogP contribution in [-0.2, 0) is 9.53 Å². The van der Waals surface area contributed by atoms with Crippen LogP contribution in [0, 0.1) is 0 Å². The first kappa shape index (κ1) is 11.8. The topological polar surface area (TPSA) is 26.3 Å². The van der Waals surface area contributed by atoms with E-state index in [9.17, 15) is 4.79 Å². The van der Waals surface area contributed by atoms with Crippen molar-refractivity contribution in [3.05, 3.63) is 35.9 Å². The molecule has 0 spiro atoms. The summed E-state index contributed by atoms with van der Waals surface area (Å²) in [4.78, 5) is 11.0. The van der Waals surface area contributed by atoms with Gasteiger partial charge in [-0.1, -0.05) is 43.7 Å². The molecule has 0 aromatic heterocycles. The molecule has 0 aliphatic heterocycles. The predicted molar refractivity (Wildman–Crippen MR) is 60.5 cm³/mol. The molecule has 0 N–H and O–H groups in total. The number of esters is 1. The standard InChI is InChI=1S/C13H18O2/c1-3-4-10-13(15-11(2)14)12-8-6-5-7-9-12/h5-9,13H,3-4,10H2,1-2H3/t13-/m1/s1. The third-order valence-corrected chi connectivity index (χ3v) is 2.30. The van der Waals surface area contributed by atoms with E-state index in [0.717, 1.165) is 24.8 Å². The van der Waals surface area contributed by atoms with Crippen LogP contribution in [0.5, 0.6) is 0 Å². The van der Waals surface area contributed by atoms with Gasteiger partial charge in [-0.2, -0.15) is 0 Å². The Bertz CT molecular complexity index is 293. The number of hydrogen-bond donors (Lipinski definition) is 0. The fourth-order valence-electron chi connectivity index (χ4n) is 1.55. The summed E-state index contributed by atoms with van der Waals surface area (Å²) in [5, 5.41) is 0. The molecule has 1 aromatic carbocycles. The van der Waals surface area contributed by atoms with E-state index >= 15 is 0 Å². The number of ether oxygens (including phenoxy) is 1. The summed E-state index contributed by atoms with van der Waals surface area (Å²) in [7, 11) is 0. The number of unbranched alkanes of at least 4 members (excludes halogenated alkanes) is 1. The van der Waals surface area contributed by atoms with E-state index in [1.807, 2.05) is 30.3 Å². The third kappa shape index (κ3) is 4.15. The van der Waals surface area contributed by atoms with E-state index in [2.05, 4.69) is 6.92 Å². The maximum absolute atomic E-state index is 11.0. The highest BCUT2D eigenvalue weighted by Crippen LogP contribution is 2.23. The molecule has 15 heavy (non-hydrogen) atoms. The largest absolute Gasteiger partial charge is 0.458 e. The Morgan fingerprint density at radius 3 is 2.53 bits per heavy atom. The minimum absolute atomic E-state index is 0.0800. The van der Waals surface area contributed by atoms with Gasteiger partial charge in [0.1, 0.15) is 6.10 Å². The molecule has 0 aliphatic rings. The maximum Gasteiger partial charge on any atom is 0.303 e. The van der Waals surface area contributed by atoms with E-state index in [-0.39, 0.29) is 12.1 Å². The van der Waals surface area contributed by atoms with Crippen molar-refractivity contribution in [3.63, 3.8) is 0 Å². The number of benzene rings is 1. The van der Waals surface area contributed by atoms with Crippen molar-refractivity contribution < 1.29 is 9.53 Å². The molecule has 1 aromatic rings. The van der Waals surface area contributed by atoms with Crippen molar-refractivity contribution in [2.24, 2.45) is 0 Å². The summed E-state index contributed by atoms with van der Waals surface area (Å²) in [6.45, 7) is 3.59. The summed E-state index contributed by atoms with van der Waals surface area (Å²) in [5.74, 6) is -0.208. The van der Waals surface area contributed by atoms with Crippen LogP contribution in [0.15, 0.2) is 30.3 Å². The van der Waals surface area contributed by atoms with Gasteiger partial charge in [0.25, 0.3) is 0 Å². The molecule has 0 amide bonds. The van der Waals surface area contributed by atoms with E-state index in [1.54, 1.807) is 0 Å². The lowest BCUT2D eigenvalue weighted by Gasteiger charge is -2.16. The molecule has 0 radical (unpaired) electrons. The van der Waals surface area contributed by atoms with Gasteiger partial charge in [0.15, 0.2) is 0 Å². The Balaban J connectivity index is 2.67. The molecule has 0 saturated carbocycles. The minimum atomic E-state index is -0.208. The summed E-state index contributed by atoms with van der Waals surface area (Å²) in [5.41, 5.74) is 1.08. The Labute approximate surface area is 91.3 Å². The normalized spacial score (nSPS) is 12.1. The number of rotatable bonds is 5. The summed E-state index contributed by atoms with van der Waals surface area (Å²) < 4.78 is 5.30. The van der Waals surface area contributed by atoms with Gasteiger partial charge >= 0.3 is 5.97 Å². The highest BCUT2D eigenvalue weighted by Gasteiger charge is 2.13. The van der Waals surface area contributed by atoms with Crippen molar-refractivity contribution >= 4 is 5.97 Å². The van der Waals surface area contributed by atoms with E-state index in [1.165, 1.54) is 6.92 Å². The molecule has 0 bridgehead atoms. The van der Waals surface area contributed by atoms with E-state index in [4.69, 9.17) is 4.74 Å². The fourth-order valence-corrected chi connectivity index (χ4v) is 1.55. The Morgan fingerprint density at radius 2 is 2.00 bits per heavy atom. The Hall–Kier alpha value is -1.31. The second-order valence-electron chi connectivity index (χ2n) is 3.65. The monoisotopic (exact) mass is 206 g/mol. The molecule has 2 heteroatoms. The summed E-state index contributed by atoms with van der Waals surface area (Å²) in [6, 6.07) is 9.91. The lowest BCUT2D eigenvalue weighted by molar-refractivity contribution is -0.147. The SMILES string of the molecule is CCCC[C@@H](OC(C)=O)c1ccccc1. The van der Waals surface area contributed by atoms with Crippen molar-refractivity contribution in [1.82, 2.24) is 0 Å². The highest BCUT2D eigenvalue weighted by molar-refractivity contribution is 5.66. The van der Waals surface area contributed by atoms with Crippen LogP contribution >= 0.6 is 0 Å². The van der Waals surface area contributed by atoms with Gasteiger partial charge in [-0.3, -0.25) is 4.79 Å². The molecule has 2 nitrogen and oxygen atoms in total. The van der Waals surface area contributed by atoms with Gasteiger partial charge < -0.3 is 4.74 Å². The highest BCUT2D eigenvalue weighted by atomic mass is 16.5. The lowest BCUT2D eigenvalue weighted by atomic mass is 10.0. The molecule has 0 fully saturated rings. The Morgan fingerprint density at radius 1 is 1.33 bits per heavy atom. The zero-order chi connectivity index (χ0) is 11.1. The van der Waals surface area contributed by atoms with Crippen molar-refractivity contribution in [2.45, 2.75) is 39.2 Å². The zero-order valence-electron chi connectivity index (χ0n) is 9.40. The first-order valence-corrected chi connectivity index (χ1v) is 5.46. The number of carbonyl (C=O) groups excluding carboxylic acids is 1. The molecule has 0 heterocycles. The number of carbonyl (C=O) groups is 1. The van der Waals surface area contributed by atoms with Gasteiger partial charge in [-0.05, 0) is 18.4 Å². The van der Waals surface area contributed by atoms with Crippen LogP contribution in [0.1, 0.15) is 44.8 Å². The van der Waals surface area contributed by atoms with E-state index in [0.29, 0.717) is 0 Å². The average Bonchev–Trinajstić information content (AvgIpc) is 2.25. The van der Waals surface area contributed by atoms with Crippen molar-refractivity contribution in [2.75, 3.05) is 0 Å². The first-order chi connectivity index (χ1) is 7.24. The molecule has 1 rings (SSSR count). The lowest BCUT2D eigenvalue weighted by Crippen LogP contribution is -2.08. The van der Waals surface area contributed by atoms with Crippen LogP contribution in [-0.4, -0.2) is 5.97 Å². The second kappa shape index (κ2) is 6.23. The smallest absolute Gasteiger partial charge is 0.303 e. The van der Waals surface area contributed by atoms with Gasteiger partial charge in [0.2, 0.25) is 0 Å². The summed E-state index contributed by atoms with van der Waals surface area (Å²) >= 11 is 0. The van der Waals surface area contributed by atoms with Gasteiger partial charge in [-0.25, -0.2) is 0 Å². The van der Waals surface area contributed by atoms with E-state index < -0.39 is 0 Å². The quantitative estimate of drug-likeness (QED) is 0.689. The molecular formula is C13H18O2. The van der Waals surface area contributed by atoms with Crippen LogP contribution < -0.4 is 0 Å². The van der Waals surface area contributed by atoms with Crippen LogP contribution in [0.2, 0.25) is 0 Å². The fraction of sp³-hybridized carbons (Fsp3) is 0.462. The number of hydrogen-bond acceptors (Lipinski definition) is 2. The molecular weight excluding hydrogens is 188 g/mol. The summed E-state index contributed by atoms with van der Waals surface area (Å²) in [6.07, 6.45) is 3.01. The van der Waals surface area contributed by atoms with Crippen LogP contribution in [0.3, 0.4) is 0 Å². The molecule has 0 unspecified atom stereocenters. The van der Waals surface area contributed by atoms with Gasteiger partial charge in [0, 0.05) is 6.92 Å². The van der Waals surface area contributed by atoms with Gasteiger partial charge in [0.05, 0.1) is 0 Å². The maximum atomic E-state index is 11.0.